The van der Waals surface area contributed by atoms with Crippen LogP contribution in [-0.2, 0) is 11.3 Å². The molecular weight excluding hydrogens is 314 g/mol. The number of tetrazole rings is 1. The van der Waals surface area contributed by atoms with Crippen LogP contribution in [0.1, 0.15) is 44.3 Å². The second kappa shape index (κ2) is 7.55. The third-order valence-corrected chi connectivity index (χ3v) is 4.56. The average Bonchev–Trinajstić information content (AvgIpc) is 3.23. The lowest BCUT2D eigenvalue weighted by Crippen LogP contribution is -2.25. The number of amides is 1. The number of aromatic nitrogens is 4. The van der Waals surface area contributed by atoms with Crippen molar-refractivity contribution >= 4 is 17.5 Å². The highest BCUT2D eigenvalue weighted by molar-refractivity contribution is 6.30. The molecule has 1 aromatic carbocycles. The first-order valence-corrected chi connectivity index (χ1v) is 8.40. The first kappa shape index (κ1) is 15.9. The molecule has 0 saturated heterocycles. The largest absolute Gasteiger partial charge is 0.349 e. The molecule has 2 aromatic rings. The molecule has 0 bridgehead atoms. The molecule has 0 unspecified atom stereocenters. The van der Waals surface area contributed by atoms with E-state index in [1.807, 2.05) is 12.1 Å². The van der Waals surface area contributed by atoms with Crippen molar-refractivity contribution in [3.05, 3.63) is 35.1 Å². The molecule has 6 nitrogen and oxygen atoms in total. The van der Waals surface area contributed by atoms with Crippen molar-refractivity contribution in [2.24, 2.45) is 5.92 Å². The number of nitrogens with one attached hydrogen (secondary N) is 1. The van der Waals surface area contributed by atoms with E-state index in [-0.39, 0.29) is 5.91 Å². The fourth-order valence-electron chi connectivity index (χ4n) is 3.00. The number of halogens is 1. The molecule has 1 aromatic heterocycles. The third kappa shape index (κ3) is 4.28. The second-order valence-electron chi connectivity index (χ2n) is 5.95. The normalized spacial score (nSPS) is 15.0. The van der Waals surface area contributed by atoms with Crippen molar-refractivity contribution in [1.29, 1.82) is 0 Å². The van der Waals surface area contributed by atoms with Gasteiger partial charge in [-0.2, -0.15) is 4.68 Å². The molecule has 1 heterocycles. The van der Waals surface area contributed by atoms with Crippen molar-refractivity contribution in [3.63, 3.8) is 0 Å². The molecule has 0 aliphatic heterocycles. The Labute approximate surface area is 140 Å². The minimum atomic E-state index is 0.0579. The Kier molecular flexibility index (Phi) is 5.23. The Balaban J connectivity index is 1.53. The van der Waals surface area contributed by atoms with Crippen molar-refractivity contribution < 1.29 is 4.79 Å². The molecule has 122 valence electrons. The molecule has 7 heteroatoms. The van der Waals surface area contributed by atoms with Gasteiger partial charge in [0.05, 0.1) is 12.2 Å². The van der Waals surface area contributed by atoms with E-state index in [0.717, 1.165) is 18.0 Å². The summed E-state index contributed by atoms with van der Waals surface area (Å²) in [5, 5.41) is 15.2. The maximum Gasteiger partial charge on any atom is 0.220 e. The highest BCUT2D eigenvalue weighted by Gasteiger charge is 2.16. The van der Waals surface area contributed by atoms with Crippen LogP contribution in [0.2, 0.25) is 5.02 Å². The van der Waals surface area contributed by atoms with Crippen LogP contribution in [0, 0.1) is 5.92 Å². The molecule has 1 aliphatic carbocycles. The summed E-state index contributed by atoms with van der Waals surface area (Å²) in [5.41, 5.74) is 0.814. The number of hydrogen-bond acceptors (Lipinski definition) is 4. The van der Waals surface area contributed by atoms with E-state index in [0.29, 0.717) is 23.8 Å². The van der Waals surface area contributed by atoms with Crippen molar-refractivity contribution in [3.8, 4) is 5.69 Å². The average molecular weight is 334 g/mol. The Morgan fingerprint density at radius 1 is 1.26 bits per heavy atom. The predicted molar refractivity (Wildman–Crippen MR) is 87.2 cm³/mol. The van der Waals surface area contributed by atoms with Crippen LogP contribution >= 0.6 is 11.6 Å². The maximum absolute atomic E-state index is 12.0. The topological polar surface area (TPSA) is 72.7 Å². The standard InChI is InChI=1S/C16H20ClN5O/c17-13-6-8-14(9-7-13)22-15(19-20-21-22)11-18-16(23)10-5-12-3-1-2-4-12/h6-9,12H,1-5,10-11H2,(H,18,23). The monoisotopic (exact) mass is 333 g/mol. The van der Waals surface area contributed by atoms with Crippen molar-refractivity contribution in [1.82, 2.24) is 25.5 Å². The molecule has 3 rings (SSSR count). The summed E-state index contributed by atoms with van der Waals surface area (Å²) in [6.07, 6.45) is 6.70. The van der Waals surface area contributed by atoms with Gasteiger partial charge in [-0.3, -0.25) is 4.79 Å². The summed E-state index contributed by atoms with van der Waals surface area (Å²) in [4.78, 5) is 12.0. The van der Waals surface area contributed by atoms with Crippen molar-refractivity contribution in [2.75, 3.05) is 0 Å². The van der Waals surface area contributed by atoms with Crippen LogP contribution in [0.5, 0.6) is 0 Å². The van der Waals surface area contributed by atoms with Gasteiger partial charge in [-0.25, -0.2) is 0 Å². The van der Waals surface area contributed by atoms with E-state index in [2.05, 4.69) is 20.8 Å². The Morgan fingerprint density at radius 3 is 2.74 bits per heavy atom. The number of nitrogens with zero attached hydrogens (tertiary/aromatic N) is 4. The van der Waals surface area contributed by atoms with Crippen molar-refractivity contribution in [2.45, 2.75) is 45.1 Å². The Hall–Kier alpha value is -1.95. The number of hydrogen-bond donors (Lipinski definition) is 1. The van der Waals surface area contributed by atoms with Crippen LogP contribution in [-0.4, -0.2) is 26.1 Å². The van der Waals surface area contributed by atoms with Crippen LogP contribution < -0.4 is 5.32 Å². The highest BCUT2D eigenvalue weighted by atomic mass is 35.5. The van der Waals surface area contributed by atoms with Gasteiger partial charge in [0.25, 0.3) is 0 Å². The van der Waals surface area contributed by atoms with Gasteiger partial charge < -0.3 is 5.32 Å². The molecular formula is C16H20ClN5O. The summed E-state index contributed by atoms with van der Waals surface area (Å²) in [6.45, 7) is 0.319. The first-order valence-electron chi connectivity index (χ1n) is 8.02. The summed E-state index contributed by atoms with van der Waals surface area (Å²) in [7, 11) is 0. The first-order chi connectivity index (χ1) is 11.2. The number of rotatable bonds is 6. The summed E-state index contributed by atoms with van der Waals surface area (Å²) >= 11 is 5.89. The minimum absolute atomic E-state index is 0.0579. The molecule has 1 amide bonds. The third-order valence-electron chi connectivity index (χ3n) is 4.30. The van der Waals surface area contributed by atoms with Crippen LogP contribution in [0.4, 0.5) is 0 Å². The summed E-state index contributed by atoms with van der Waals surface area (Å²) in [6, 6.07) is 7.24. The molecule has 1 aliphatic rings. The van der Waals surface area contributed by atoms with Gasteiger partial charge in [0, 0.05) is 11.4 Å². The van der Waals surface area contributed by atoms with Gasteiger partial charge in [-0.15, -0.1) is 5.10 Å². The molecule has 0 radical (unpaired) electrons. The highest BCUT2D eigenvalue weighted by Crippen LogP contribution is 2.28. The zero-order chi connectivity index (χ0) is 16.1. The van der Waals surface area contributed by atoms with E-state index in [4.69, 9.17) is 11.6 Å². The molecule has 23 heavy (non-hydrogen) atoms. The smallest absolute Gasteiger partial charge is 0.220 e. The molecule has 1 N–H and O–H groups in total. The van der Waals surface area contributed by atoms with Crippen LogP contribution in [0.15, 0.2) is 24.3 Å². The number of benzene rings is 1. The zero-order valence-electron chi connectivity index (χ0n) is 12.9. The fraction of sp³-hybridized carbons (Fsp3) is 0.500. The fourth-order valence-corrected chi connectivity index (χ4v) is 3.13. The second-order valence-corrected chi connectivity index (χ2v) is 6.39. The van der Waals surface area contributed by atoms with E-state index < -0.39 is 0 Å². The van der Waals surface area contributed by atoms with E-state index in [1.54, 1.807) is 16.8 Å². The minimum Gasteiger partial charge on any atom is -0.349 e. The lowest BCUT2D eigenvalue weighted by molar-refractivity contribution is -0.121. The lowest BCUT2D eigenvalue weighted by Gasteiger charge is -2.09. The zero-order valence-corrected chi connectivity index (χ0v) is 13.7. The summed E-state index contributed by atoms with van der Waals surface area (Å²) < 4.78 is 1.60. The maximum atomic E-state index is 12.0. The van der Waals surface area contributed by atoms with Gasteiger partial charge in [0.15, 0.2) is 5.82 Å². The van der Waals surface area contributed by atoms with Gasteiger partial charge in [-0.05, 0) is 47.0 Å². The SMILES string of the molecule is O=C(CCC1CCCC1)NCc1nnnn1-c1ccc(Cl)cc1. The Morgan fingerprint density at radius 2 is 2.00 bits per heavy atom. The van der Waals surface area contributed by atoms with Crippen LogP contribution in [0.25, 0.3) is 5.69 Å². The molecule has 0 spiro atoms. The van der Waals surface area contributed by atoms with E-state index in [9.17, 15) is 4.79 Å². The van der Waals surface area contributed by atoms with E-state index in [1.165, 1.54) is 25.7 Å². The van der Waals surface area contributed by atoms with Gasteiger partial charge in [0.1, 0.15) is 0 Å². The molecule has 0 atom stereocenters. The van der Waals surface area contributed by atoms with Gasteiger partial charge in [-0.1, -0.05) is 37.3 Å². The van der Waals surface area contributed by atoms with E-state index >= 15 is 0 Å². The van der Waals surface area contributed by atoms with Gasteiger partial charge in [0.2, 0.25) is 5.91 Å². The quantitative estimate of drug-likeness (QED) is 0.882. The lowest BCUT2D eigenvalue weighted by atomic mass is 10.0. The summed E-state index contributed by atoms with van der Waals surface area (Å²) in [5.74, 6) is 1.38. The molecule has 1 saturated carbocycles. The predicted octanol–water partition coefficient (Wildman–Crippen LogP) is 2.90. The molecule has 1 fully saturated rings. The van der Waals surface area contributed by atoms with Crippen LogP contribution in [0.3, 0.4) is 0 Å². The number of carbonyl (C=O) groups excluding carboxylic acids is 1. The number of carbonyl (C=O) groups is 1. The Bertz CT molecular complexity index is 649. The van der Waals surface area contributed by atoms with Gasteiger partial charge >= 0.3 is 0 Å².